The molecule has 2 bridgehead atoms. The van der Waals surface area contributed by atoms with Crippen LogP contribution < -0.4 is 11.1 Å². The molecule has 0 saturated carbocycles. The Balaban J connectivity index is 1.75. The van der Waals surface area contributed by atoms with Gasteiger partial charge in [-0.05, 0) is 24.8 Å². The van der Waals surface area contributed by atoms with E-state index in [1.165, 1.54) is 0 Å². The molecule has 1 aromatic rings. The van der Waals surface area contributed by atoms with Gasteiger partial charge in [-0.3, -0.25) is 4.79 Å². The van der Waals surface area contributed by atoms with Crippen molar-refractivity contribution in [1.82, 2.24) is 5.32 Å². The zero-order valence-electron chi connectivity index (χ0n) is 11.6. The van der Waals surface area contributed by atoms with E-state index in [1.54, 1.807) is 12.1 Å². The number of nitrogens with one attached hydrogen (secondary N) is 1. The second-order valence-electron chi connectivity index (χ2n) is 5.59. The monoisotopic (exact) mass is 289 g/mol. The number of nitrogens with zero attached hydrogens (tertiary/aromatic N) is 1. The molecule has 0 aromatic heterocycles. The molecule has 2 heterocycles. The van der Waals surface area contributed by atoms with Gasteiger partial charge in [-0.15, -0.1) is 0 Å². The van der Waals surface area contributed by atoms with Gasteiger partial charge in [0.1, 0.15) is 5.92 Å². The molecule has 4 N–H and O–H groups in total. The van der Waals surface area contributed by atoms with Crippen LogP contribution in [0.3, 0.4) is 0 Å². The van der Waals surface area contributed by atoms with E-state index in [-0.39, 0.29) is 30.0 Å². The Morgan fingerprint density at radius 1 is 1.38 bits per heavy atom. The quantitative estimate of drug-likeness (QED) is 0.333. The van der Waals surface area contributed by atoms with Crippen LogP contribution in [0.5, 0.6) is 0 Å². The van der Waals surface area contributed by atoms with Crippen LogP contribution in [0.2, 0.25) is 0 Å². The predicted octanol–water partition coefficient (Wildman–Crippen LogP) is 0.953. The molecule has 2 fully saturated rings. The first kappa shape index (κ1) is 13.9. The first-order chi connectivity index (χ1) is 10.2. The Hall–Kier alpha value is -2.08. The van der Waals surface area contributed by atoms with Gasteiger partial charge in [-0.25, -0.2) is 0 Å². The van der Waals surface area contributed by atoms with E-state index < -0.39 is 5.92 Å². The molecule has 112 valence electrons. The molecule has 6 heteroatoms. The molecule has 0 spiro atoms. The normalized spacial score (nSPS) is 29.3. The molecule has 1 aromatic carbocycles. The highest BCUT2D eigenvalue weighted by molar-refractivity contribution is 6.07. The zero-order chi connectivity index (χ0) is 14.8. The van der Waals surface area contributed by atoms with E-state index in [9.17, 15) is 4.79 Å². The van der Waals surface area contributed by atoms with Crippen LogP contribution in [0.1, 0.15) is 30.7 Å². The number of amides is 1. The van der Waals surface area contributed by atoms with Crippen molar-refractivity contribution in [2.24, 2.45) is 10.9 Å². The maximum absolute atomic E-state index is 12.5. The maximum Gasteiger partial charge on any atom is 0.235 e. The SMILES string of the molecule is N/C(=N/O)C(C(=O)NC1CC2CCC1O2)c1ccccc1. The molecule has 2 aliphatic heterocycles. The van der Waals surface area contributed by atoms with Crippen molar-refractivity contribution in [1.29, 1.82) is 0 Å². The summed E-state index contributed by atoms with van der Waals surface area (Å²) in [5.74, 6) is -1.14. The summed E-state index contributed by atoms with van der Waals surface area (Å²) in [4.78, 5) is 12.5. The lowest BCUT2D eigenvalue weighted by Gasteiger charge is -2.23. The Morgan fingerprint density at radius 2 is 2.14 bits per heavy atom. The Morgan fingerprint density at radius 3 is 2.71 bits per heavy atom. The van der Waals surface area contributed by atoms with E-state index in [0.29, 0.717) is 5.56 Å². The van der Waals surface area contributed by atoms with Crippen LogP contribution in [0.4, 0.5) is 0 Å². The number of hydrogen-bond acceptors (Lipinski definition) is 4. The van der Waals surface area contributed by atoms with Gasteiger partial charge in [0, 0.05) is 0 Å². The van der Waals surface area contributed by atoms with Crippen LogP contribution in [0.25, 0.3) is 0 Å². The van der Waals surface area contributed by atoms with Crippen LogP contribution in [-0.2, 0) is 9.53 Å². The van der Waals surface area contributed by atoms with E-state index in [4.69, 9.17) is 15.7 Å². The number of oxime groups is 1. The van der Waals surface area contributed by atoms with Gasteiger partial charge in [-0.2, -0.15) is 0 Å². The van der Waals surface area contributed by atoms with Crippen molar-refractivity contribution >= 4 is 11.7 Å². The minimum atomic E-state index is -0.782. The summed E-state index contributed by atoms with van der Waals surface area (Å²) < 4.78 is 5.73. The van der Waals surface area contributed by atoms with Crippen molar-refractivity contribution in [2.45, 2.75) is 43.4 Å². The van der Waals surface area contributed by atoms with Crippen molar-refractivity contribution in [3.8, 4) is 0 Å². The summed E-state index contributed by atoms with van der Waals surface area (Å²) >= 11 is 0. The summed E-state index contributed by atoms with van der Waals surface area (Å²) in [6.45, 7) is 0. The minimum absolute atomic E-state index is 0.0222. The van der Waals surface area contributed by atoms with E-state index in [1.807, 2.05) is 18.2 Å². The topological polar surface area (TPSA) is 96.9 Å². The highest BCUT2D eigenvalue weighted by Crippen LogP contribution is 2.34. The molecule has 6 nitrogen and oxygen atoms in total. The first-order valence-corrected chi connectivity index (χ1v) is 7.17. The smallest absolute Gasteiger partial charge is 0.235 e. The number of rotatable bonds is 4. The van der Waals surface area contributed by atoms with Crippen molar-refractivity contribution in [2.75, 3.05) is 0 Å². The number of carbonyl (C=O) groups excluding carboxylic acids is 1. The molecule has 2 saturated heterocycles. The van der Waals surface area contributed by atoms with Crippen molar-refractivity contribution in [3.05, 3.63) is 35.9 Å². The molecule has 4 unspecified atom stereocenters. The predicted molar refractivity (Wildman–Crippen MR) is 77.0 cm³/mol. The van der Waals surface area contributed by atoms with Crippen molar-refractivity contribution in [3.63, 3.8) is 0 Å². The lowest BCUT2D eigenvalue weighted by Crippen LogP contribution is -2.46. The average Bonchev–Trinajstić information content (AvgIpc) is 3.11. The number of ether oxygens (including phenoxy) is 1. The lowest BCUT2D eigenvalue weighted by atomic mass is 9.93. The largest absolute Gasteiger partial charge is 0.409 e. The summed E-state index contributed by atoms with van der Waals surface area (Å²) in [5, 5.41) is 14.9. The Labute approximate surface area is 123 Å². The van der Waals surface area contributed by atoms with Gasteiger partial charge in [0.25, 0.3) is 0 Å². The number of hydrogen-bond donors (Lipinski definition) is 3. The molecule has 3 rings (SSSR count). The fourth-order valence-corrected chi connectivity index (χ4v) is 3.22. The van der Waals surface area contributed by atoms with Gasteiger partial charge in [0.15, 0.2) is 5.84 Å². The molecule has 21 heavy (non-hydrogen) atoms. The van der Waals surface area contributed by atoms with Crippen LogP contribution >= 0.6 is 0 Å². The highest BCUT2D eigenvalue weighted by atomic mass is 16.5. The number of benzene rings is 1. The summed E-state index contributed by atoms with van der Waals surface area (Å²) in [6, 6.07) is 9.10. The van der Waals surface area contributed by atoms with Gasteiger partial charge in [0.05, 0.1) is 18.2 Å². The summed E-state index contributed by atoms with van der Waals surface area (Å²) in [7, 11) is 0. The van der Waals surface area contributed by atoms with Gasteiger partial charge < -0.3 is 21.0 Å². The molecular weight excluding hydrogens is 270 g/mol. The maximum atomic E-state index is 12.5. The van der Waals surface area contributed by atoms with Crippen LogP contribution in [0, 0.1) is 0 Å². The summed E-state index contributed by atoms with van der Waals surface area (Å²) in [6.07, 6.45) is 3.25. The molecule has 2 aliphatic rings. The molecule has 4 atom stereocenters. The third-order valence-electron chi connectivity index (χ3n) is 4.24. The van der Waals surface area contributed by atoms with Crippen LogP contribution in [-0.4, -0.2) is 35.2 Å². The van der Waals surface area contributed by atoms with E-state index >= 15 is 0 Å². The second-order valence-corrected chi connectivity index (χ2v) is 5.59. The molecular formula is C15H19N3O3. The van der Waals surface area contributed by atoms with Gasteiger partial charge >= 0.3 is 0 Å². The fraction of sp³-hybridized carbons (Fsp3) is 0.467. The van der Waals surface area contributed by atoms with E-state index in [0.717, 1.165) is 19.3 Å². The highest BCUT2D eigenvalue weighted by Gasteiger charge is 2.42. The molecule has 1 amide bonds. The Bertz CT molecular complexity index is 546. The number of carbonyl (C=O) groups is 1. The molecule has 0 aliphatic carbocycles. The number of fused-ring (bicyclic) bond motifs is 2. The average molecular weight is 289 g/mol. The van der Waals surface area contributed by atoms with Crippen molar-refractivity contribution < 1.29 is 14.7 Å². The van der Waals surface area contributed by atoms with Gasteiger partial charge in [-0.1, -0.05) is 35.5 Å². The fourth-order valence-electron chi connectivity index (χ4n) is 3.22. The third kappa shape index (κ3) is 2.71. The third-order valence-corrected chi connectivity index (χ3v) is 4.24. The summed E-state index contributed by atoms with van der Waals surface area (Å²) in [5.41, 5.74) is 6.41. The van der Waals surface area contributed by atoms with Gasteiger partial charge in [0.2, 0.25) is 5.91 Å². The second kappa shape index (κ2) is 5.73. The zero-order valence-corrected chi connectivity index (χ0v) is 11.6. The number of nitrogens with two attached hydrogens (primary N) is 1. The minimum Gasteiger partial charge on any atom is -0.409 e. The first-order valence-electron chi connectivity index (χ1n) is 7.17. The molecule has 0 radical (unpaired) electrons. The number of amidine groups is 1. The standard InChI is InChI=1S/C15H19N3O3/c16-14(18-20)13(9-4-2-1-3-5-9)15(19)17-11-8-10-6-7-12(11)21-10/h1-5,10-13,20H,6-8H2,(H2,16,18)(H,17,19). The van der Waals surface area contributed by atoms with Crippen LogP contribution in [0.15, 0.2) is 35.5 Å². The van der Waals surface area contributed by atoms with E-state index in [2.05, 4.69) is 10.5 Å². The Kier molecular flexibility index (Phi) is 3.79. The lowest BCUT2D eigenvalue weighted by molar-refractivity contribution is -0.122.